The van der Waals surface area contributed by atoms with Gasteiger partial charge in [0.25, 0.3) is 10.0 Å². The number of sulfonamides is 1. The number of rotatable bonds is 4. The molecule has 3 aromatic rings. The number of hydrogen-bond donors (Lipinski definition) is 1. The second kappa shape index (κ2) is 5.93. The molecule has 23 heavy (non-hydrogen) atoms. The van der Waals surface area contributed by atoms with Crippen molar-refractivity contribution < 1.29 is 13.2 Å². The second-order valence-corrected chi connectivity index (χ2v) is 6.88. The van der Waals surface area contributed by atoms with Crippen molar-refractivity contribution in [1.29, 1.82) is 0 Å². The smallest absolute Gasteiger partial charge is 0.262 e. The maximum Gasteiger partial charge on any atom is 0.262 e. The van der Waals surface area contributed by atoms with Gasteiger partial charge in [0.15, 0.2) is 0 Å². The van der Waals surface area contributed by atoms with E-state index < -0.39 is 10.0 Å². The number of anilines is 1. The molecule has 0 atom stereocenters. The van der Waals surface area contributed by atoms with Crippen LogP contribution in [0.25, 0.3) is 10.8 Å². The number of methoxy groups -OCH3 is 1. The molecule has 0 spiro atoms. The van der Waals surface area contributed by atoms with Gasteiger partial charge < -0.3 is 4.74 Å². The van der Waals surface area contributed by atoms with Crippen molar-refractivity contribution in [2.24, 2.45) is 0 Å². The number of ether oxygens (including phenoxy) is 1. The summed E-state index contributed by atoms with van der Waals surface area (Å²) >= 11 is 0. The van der Waals surface area contributed by atoms with Gasteiger partial charge in [0.2, 0.25) is 0 Å². The lowest BCUT2D eigenvalue weighted by atomic mass is 10.1. The Morgan fingerprint density at radius 2 is 1.52 bits per heavy atom. The quantitative estimate of drug-likeness (QED) is 0.789. The first-order valence-electron chi connectivity index (χ1n) is 7.17. The van der Waals surface area contributed by atoms with Crippen molar-refractivity contribution in [2.45, 2.75) is 11.8 Å². The fourth-order valence-electron chi connectivity index (χ4n) is 2.54. The first-order valence-corrected chi connectivity index (χ1v) is 8.65. The second-order valence-electron chi connectivity index (χ2n) is 5.23. The molecule has 0 aliphatic heterocycles. The van der Waals surface area contributed by atoms with Gasteiger partial charge in [0.1, 0.15) is 5.75 Å². The zero-order chi connectivity index (χ0) is 16.4. The van der Waals surface area contributed by atoms with Gasteiger partial charge in [-0.2, -0.15) is 0 Å². The summed E-state index contributed by atoms with van der Waals surface area (Å²) in [5.41, 5.74) is 1.45. The molecule has 5 heteroatoms. The number of hydrogen-bond acceptors (Lipinski definition) is 3. The molecule has 3 rings (SSSR count). The number of benzene rings is 3. The van der Waals surface area contributed by atoms with Crippen molar-refractivity contribution in [1.82, 2.24) is 0 Å². The minimum atomic E-state index is -3.69. The summed E-state index contributed by atoms with van der Waals surface area (Å²) in [6.07, 6.45) is 0. The largest absolute Gasteiger partial charge is 0.496 e. The van der Waals surface area contributed by atoms with Crippen LogP contribution in [0.1, 0.15) is 5.56 Å². The molecule has 3 aromatic carbocycles. The third-order valence-electron chi connectivity index (χ3n) is 3.74. The van der Waals surface area contributed by atoms with Crippen LogP contribution in [0.15, 0.2) is 65.6 Å². The summed E-state index contributed by atoms with van der Waals surface area (Å²) in [5.74, 6) is 0.649. The molecule has 0 unspecified atom stereocenters. The van der Waals surface area contributed by atoms with Gasteiger partial charge in [0.05, 0.1) is 17.7 Å². The summed E-state index contributed by atoms with van der Waals surface area (Å²) in [7, 11) is -2.12. The van der Waals surface area contributed by atoms with E-state index in [0.29, 0.717) is 16.8 Å². The fraction of sp³-hybridized carbons (Fsp3) is 0.111. The van der Waals surface area contributed by atoms with E-state index in [0.717, 1.165) is 10.9 Å². The van der Waals surface area contributed by atoms with Crippen LogP contribution in [0, 0.1) is 6.92 Å². The average Bonchev–Trinajstić information content (AvgIpc) is 2.55. The summed E-state index contributed by atoms with van der Waals surface area (Å²) in [6, 6.07) is 17.8. The van der Waals surface area contributed by atoms with Gasteiger partial charge in [-0.25, -0.2) is 8.42 Å². The van der Waals surface area contributed by atoms with Crippen LogP contribution in [0.2, 0.25) is 0 Å². The van der Waals surface area contributed by atoms with Crippen LogP contribution < -0.4 is 9.46 Å². The first kappa shape index (κ1) is 15.4. The van der Waals surface area contributed by atoms with Crippen LogP contribution in [-0.2, 0) is 10.0 Å². The third-order valence-corrected chi connectivity index (χ3v) is 5.17. The van der Waals surface area contributed by atoms with E-state index in [1.165, 1.54) is 0 Å². The van der Waals surface area contributed by atoms with Crippen molar-refractivity contribution in [3.05, 3.63) is 66.2 Å². The Balaban J connectivity index is 2.14. The lowest BCUT2D eigenvalue weighted by Crippen LogP contribution is -2.14. The maximum atomic E-state index is 12.8. The highest BCUT2D eigenvalue weighted by Gasteiger charge is 2.19. The highest BCUT2D eigenvalue weighted by Crippen LogP contribution is 2.32. The summed E-state index contributed by atoms with van der Waals surface area (Å²) in [6.45, 7) is 1.87. The minimum Gasteiger partial charge on any atom is -0.496 e. The highest BCUT2D eigenvalue weighted by atomic mass is 32.2. The normalized spacial score (nSPS) is 11.4. The number of para-hydroxylation sites is 1. The molecular formula is C18H17NO3S. The van der Waals surface area contributed by atoms with E-state index in [1.54, 1.807) is 37.4 Å². The average molecular weight is 327 g/mol. The number of fused-ring (bicyclic) bond motifs is 1. The molecule has 0 amide bonds. The molecule has 4 nitrogen and oxygen atoms in total. The minimum absolute atomic E-state index is 0.233. The Labute approximate surface area is 135 Å². The number of nitrogens with one attached hydrogen (secondary N) is 1. The zero-order valence-corrected chi connectivity index (χ0v) is 13.7. The molecule has 0 aromatic heterocycles. The van der Waals surface area contributed by atoms with Crippen molar-refractivity contribution in [3.63, 3.8) is 0 Å². The Morgan fingerprint density at radius 3 is 2.22 bits per heavy atom. The topological polar surface area (TPSA) is 55.4 Å². The molecule has 0 fully saturated rings. The Morgan fingerprint density at radius 1 is 0.870 bits per heavy atom. The van der Waals surface area contributed by atoms with Gasteiger partial charge in [-0.15, -0.1) is 0 Å². The van der Waals surface area contributed by atoms with Crippen LogP contribution in [0.4, 0.5) is 5.69 Å². The lowest BCUT2D eigenvalue weighted by molar-refractivity contribution is 0.419. The van der Waals surface area contributed by atoms with E-state index in [2.05, 4.69) is 4.72 Å². The summed E-state index contributed by atoms with van der Waals surface area (Å²) in [5, 5.41) is 1.40. The first-order chi connectivity index (χ1) is 11.0. The van der Waals surface area contributed by atoms with Crippen LogP contribution in [0.5, 0.6) is 5.75 Å². The van der Waals surface area contributed by atoms with E-state index in [4.69, 9.17) is 4.74 Å². The van der Waals surface area contributed by atoms with Gasteiger partial charge in [0, 0.05) is 10.8 Å². The number of aryl methyl sites for hydroxylation is 1. The van der Waals surface area contributed by atoms with E-state index >= 15 is 0 Å². The molecule has 0 heterocycles. The molecule has 0 aliphatic carbocycles. The molecule has 0 aliphatic rings. The predicted octanol–water partition coefficient (Wildman–Crippen LogP) is 3.96. The van der Waals surface area contributed by atoms with Crippen LogP contribution >= 0.6 is 0 Å². The van der Waals surface area contributed by atoms with Gasteiger partial charge in [-0.3, -0.25) is 4.72 Å². The van der Waals surface area contributed by atoms with Crippen LogP contribution in [0.3, 0.4) is 0 Å². The molecule has 0 saturated heterocycles. The Bertz CT molecular complexity index is 965. The molecule has 118 valence electrons. The standard InChI is InChI=1S/C18H17NO3S/c1-13-7-3-6-10-16(13)19-23(20,21)18-12-11-17(22-2)14-8-4-5-9-15(14)18/h3-12,19H,1-2H3. The lowest BCUT2D eigenvalue weighted by Gasteiger charge is -2.13. The van der Waals surface area contributed by atoms with Crippen molar-refractivity contribution in [3.8, 4) is 5.75 Å². The maximum absolute atomic E-state index is 12.8. The van der Waals surface area contributed by atoms with E-state index in [1.807, 2.05) is 37.3 Å². The molecule has 1 N–H and O–H groups in total. The van der Waals surface area contributed by atoms with E-state index in [-0.39, 0.29) is 4.90 Å². The summed E-state index contributed by atoms with van der Waals surface area (Å²) < 4.78 is 33.6. The monoisotopic (exact) mass is 327 g/mol. The third kappa shape index (κ3) is 2.87. The molecule has 0 saturated carbocycles. The Hall–Kier alpha value is -2.53. The van der Waals surface area contributed by atoms with Crippen molar-refractivity contribution in [2.75, 3.05) is 11.8 Å². The van der Waals surface area contributed by atoms with Gasteiger partial charge in [-0.1, -0.05) is 42.5 Å². The Kier molecular flexibility index (Phi) is 3.96. The van der Waals surface area contributed by atoms with Gasteiger partial charge >= 0.3 is 0 Å². The fourth-order valence-corrected chi connectivity index (χ4v) is 3.89. The van der Waals surface area contributed by atoms with Crippen molar-refractivity contribution >= 4 is 26.5 Å². The summed E-state index contributed by atoms with van der Waals surface area (Å²) in [4.78, 5) is 0.233. The highest BCUT2D eigenvalue weighted by molar-refractivity contribution is 7.93. The predicted molar refractivity (Wildman–Crippen MR) is 92.5 cm³/mol. The zero-order valence-electron chi connectivity index (χ0n) is 12.9. The molecular weight excluding hydrogens is 310 g/mol. The molecule has 0 bridgehead atoms. The van der Waals surface area contributed by atoms with Gasteiger partial charge in [-0.05, 0) is 30.7 Å². The van der Waals surface area contributed by atoms with E-state index in [9.17, 15) is 8.42 Å². The SMILES string of the molecule is COc1ccc(S(=O)(=O)Nc2ccccc2C)c2ccccc12. The molecule has 0 radical (unpaired) electrons. The van der Waals surface area contributed by atoms with Crippen LogP contribution in [-0.4, -0.2) is 15.5 Å².